The summed E-state index contributed by atoms with van der Waals surface area (Å²) in [7, 11) is 0. The maximum Gasteiger partial charge on any atom is 0.272 e. The molecule has 0 saturated heterocycles. The highest BCUT2D eigenvalue weighted by Gasteiger charge is 2.22. The van der Waals surface area contributed by atoms with Crippen molar-refractivity contribution in [2.45, 2.75) is 12.8 Å². The smallest absolute Gasteiger partial charge is 0.272 e. The van der Waals surface area contributed by atoms with Crippen molar-refractivity contribution in [3.8, 4) is 5.75 Å². The molecule has 1 radical (unpaired) electrons. The van der Waals surface area contributed by atoms with Gasteiger partial charge in [-0.2, -0.15) is 0 Å². The minimum Gasteiger partial charge on any atom is -0.493 e. The minimum atomic E-state index is -0.437. The third-order valence-electron chi connectivity index (χ3n) is 2.43. The lowest BCUT2D eigenvalue weighted by Gasteiger charge is -2.05. The molecule has 4 nitrogen and oxygen atoms in total. The van der Waals surface area contributed by atoms with Gasteiger partial charge in [-0.25, -0.2) is 0 Å². The predicted molar refractivity (Wildman–Crippen MR) is 55.8 cm³/mol. The zero-order valence-corrected chi connectivity index (χ0v) is 8.31. The average molecular weight is 206 g/mol. The van der Waals surface area contributed by atoms with Crippen molar-refractivity contribution >= 4 is 5.69 Å². The van der Waals surface area contributed by atoms with Crippen molar-refractivity contribution in [1.82, 2.24) is 0 Å². The van der Waals surface area contributed by atoms with Crippen LogP contribution in [0, 0.1) is 23.0 Å². The van der Waals surface area contributed by atoms with Gasteiger partial charge in [0.15, 0.2) is 0 Å². The molecule has 0 heterocycles. The van der Waals surface area contributed by atoms with Crippen LogP contribution in [0.15, 0.2) is 18.2 Å². The van der Waals surface area contributed by atoms with Gasteiger partial charge in [0.2, 0.25) is 0 Å². The number of hydrogen-bond acceptors (Lipinski definition) is 3. The highest BCUT2D eigenvalue weighted by atomic mass is 16.6. The van der Waals surface area contributed by atoms with Crippen LogP contribution in [0.3, 0.4) is 0 Å². The molecular weight excluding hydrogens is 194 g/mol. The van der Waals surface area contributed by atoms with Crippen LogP contribution in [-0.2, 0) is 0 Å². The standard InChI is InChI=1S/C11H12NO3/c1-8-6-10(15-7-9-2-3-9)4-5-11(8)12(13)14/h4-6,9H,1-3,7H2. The normalized spacial score (nSPS) is 15.0. The Balaban J connectivity index is 2.06. The molecule has 1 saturated carbocycles. The first-order valence-corrected chi connectivity index (χ1v) is 4.90. The molecule has 1 aromatic rings. The number of rotatable bonds is 4. The molecule has 0 aromatic heterocycles. The first kappa shape index (κ1) is 9.96. The number of benzene rings is 1. The van der Waals surface area contributed by atoms with Crippen molar-refractivity contribution in [3.05, 3.63) is 40.8 Å². The quantitative estimate of drug-likeness (QED) is 0.562. The SMILES string of the molecule is [CH2]c1cc(OCC2CC2)ccc1[N+](=O)[O-]. The van der Waals surface area contributed by atoms with Crippen LogP contribution in [0.4, 0.5) is 5.69 Å². The maximum atomic E-state index is 10.5. The third kappa shape index (κ3) is 2.46. The fourth-order valence-electron chi connectivity index (χ4n) is 1.33. The summed E-state index contributed by atoms with van der Waals surface area (Å²) in [6.45, 7) is 4.33. The van der Waals surface area contributed by atoms with Gasteiger partial charge in [-0.1, -0.05) is 0 Å². The molecule has 0 amide bonds. The first-order valence-electron chi connectivity index (χ1n) is 4.90. The molecule has 0 N–H and O–H groups in total. The molecule has 2 rings (SSSR count). The van der Waals surface area contributed by atoms with E-state index in [1.165, 1.54) is 18.9 Å². The first-order chi connectivity index (χ1) is 7.16. The van der Waals surface area contributed by atoms with E-state index in [1.807, 2.05) is 0 Å². The molecule has 1 aromatic carbocycles. The van der Waals surface area contributed by atoms with Crippen LogP contribution in [0.2, 0.25) is 0 Å². The van der Waals surface area contributed by atoms with Gasteiger partial charge < -0.3 is 4.74 Å². The largest absolute Gasteiger partial charge is 0.493 e. The Hall–Kier alpha value is -1.58. The summed E-state index contributed by atoms with van der Waals surface area (Å²) in [5.74, 6) is 1.34. The van der Waals surface area contributed by atoms with Crippen molar-refractivity contribution in [2.75, 3.05) is 6.61 Å². The predicted octanol–water partition coefficient (Wildman–Crippen LogP) is 2.57. The van der Waals surface area contributed by atoms with Crippen LogP contribution in [0.25, 0.3) is 0 Å². The van der Waals surface area contributed by atoms with Gasteiger partial charge in [-0.05, 0) is 37.8 Å². The maximum absolute atomic E-state index is 10.5. The summed E-state index contributed by atoms with van der Waals surface area (Å²) in [5.41, 5.74) is 0.432. The fraction of sp³-hybridized carbons (Fsp3) is 0.364. The highest BCUT2D eigenvalue weighted by Crippen LogP contribution is 2.30. The van der Waals surface area contributed by atoms with Gasteiger partial charge in [0.1, 0.15) is 5.75 Å². The van der Waals surface area contributed by atoms with E-state index in [9.17, 15) is 10.1 Å². The van der Waals surface area contributed by atoms with E-state index in [2.05, 4.69) is 6.92 Å². The molecule has 0 unspecified atom stereocenters. The lowest BCUT2D eigenvalue weighted by atomic mass is 10.2. The van der Waals surface area contributed by atoms with E-state index in [0.717, 1.165) is 0 Å². The Morgan fingerprint density at radius 1 is 1.53 bits per heavy atom. The molecular formula is C11H12NO3. The Bertz CT molecular complexity index is 385. The van der Waals surface area contributed by atoms with Crippen molar-refractivity contribution < 1.29 is 9.66 Å². The molecule has 0 atom stereocenters. The second-order valence-electron chi connectivity index (χ2n) is 3.80. The van der Waals surface area contributed by atoms with Crippen LogP contribution in [0.1, 0.15) is 18.4 Å². The number of nitro groups is 1. The van der Waals surface area contributed by atoms with Crippen molar-refractivity contribution in [3.63, 3.8) is 0 Å². The van der Waals surface area contributed by atoms with Crippen molar-refractivity contribution in [2.24, 2.45) is 5.92 Å². The summed E-state index contributed by atoms with van der Waals surface area (Å²) in [4.78, 5) is 10.1. The Morgan fingerprint density at radius 3 is 2.80 bits per heavy atom. The molecule has 1 aliphatic rings. The van der Waals surface area contributed by atoms with Gasteiger partial charge in [-0.3, -0.25) is 10.1 Å². The number of nitro benzene ring substituents is 1. The Morgan fingerprint density at radius 2 is 2.27 bits per heavy atom. The Labute approximate surface area is 88.0 Å². The number of hydrogen-bond donors (Lipinski definition) is 0. The topological polar surface area (TPSA) is 52.4 Å². The molecule has 1 fully saturated rings. The van der Waals surface area contributed by atoms with Gasteiger partial charge in [-0.15, -0.1) is 0 Å². The van der Waals surface area contributed by atoms with E-state index < -0.39 is 4.92 Å². The molecule has 79 valence electrons. The molecule has 15 heavy (non-hydrogen) atoms. The van der Waals surface area contributed by atoms with E-state index in [-0.39, 0.29) is 5.69 Å². The minimum absolute atomic E-state index is 0.0359. The summed E-state index contributed by atoms with van der Waals surface area (Å²) < 4.78 is 5.48. The summed E-state index contributed by atoms with van der Waals surface area (Å²) >= 11 is 0. The van der Waals surface area contributed by atoms with Gasteiger partial charge in [0.25, 0.3) is 5.69 Å². The van der Waals surface area contributed by atoms with Crippen molar-refractivity contribution in [1.29, 1.82) is 0 Å². The Kier molecular flexibility index (Phi) is 2.58. The van der Waals surface area contributed by atoms with Gasteiger partial charge >= 0.3 is 0 Å². The molecule has 0 bridgehead atoms. The fourth-order valence-corrected chi connectivity index (χ4v) is 1.33. The van der Waals surface area contributed by atoms with E-state index >= 15 is 0 Å². The van der Waals surface area contributed by atoms with Crippen LogP contribution < -0.4 is 4.74 Å². The molecule has 1 aliphatic carbocycles. The zero-order valence-electron chi connectivity index (χ0n) is 8.31. The summed E-state index contributed by atoms with van der Waals surface area (Å²) in [5, 5.41) is 10.5. The third-order valence-corrected chi connectivity index (χ3v) is 2.43. The van der Waals surface area contributed by atoms with E-state index in [1.54, 1.807) is 12.1 Å². The lowest BCUT2D eigenvalue weighted by Crippen LogP contribution is -1.99. The highest BCUT2D eigenvalue weighted by molar-refractivity contribution is 5.46. The van der Waals surface area contributed by atoms with Gasteiger partial charge in [0.05, 0.1) is 11.5 Å². The average Bonchev–Trinajstić information content (AvgIpc) is 2.97. The summed E-state index contributed by atoms with van der Waals surface area (Å²) in [6, 6.07) is 4.67. The summed E-state index contributed by atoms with van der Waals surface area (Å²) in [6.07, 6.45) is 2.45. The molecule has 4 heteroatoms. The van der Waals surface area contributed by atoms with Crippen LogP contribution >= 0.6 is 0 Å². The van der Waals surface area contributed by atoms with E-state index in [0.29, 0.717) is 23.8 Å². The second-order valence-corrected chi connectivity index (χ2v) is 3.80. The van der Waals surface area contributed by atoms with Crippen LogP contribution in [-0.4, -0.2) is 11.5 Å². The van der Waals surface area contributed by atoms with Crippen LogP contribution in [0.5, 0.6) is 5.75 Å². The monoisotopic (exact) mass is 206 g/mol. The molecule has 0 spiro atoms. The second kappa shape index (κ2) is 3.88. The van der Waals surface area contributed by atoms with Gasteiger partial charge in [0, 0.05) is 11.6 Å². The zero-order chi connectivity index (χ0) is 10.8. The molecule has 0 aliphatic heterocycles. The van der Waals surface area contributed by atoms with E-state index in [4.69, 9.17) is 4.74 Å². The number of nitrogens with zero attached hydrogens (tertiary/aromatic N) is 1. The lowest BCUT2D eigenvalue weighted by molar-refractivity contribution is -0.385. The number of ether oxygens (including phenoxy) is 1.